The minimum Gasteiger partial charge on any atom is -0.398 e. The number of carbonyl (C=O) groups excluding carboxylic acids is 3. The van der Waals surface area contributed by atoms with Gasteiger partial charge in [-0.1, -0.05) is 88.4 Å². The lowest BCUT2D eigenvalue weighted by Crippen LogP contribution is -2.14. The molecular weight excluding hydrogens is 648 g/mol. The van der Waals surface area contributed by atoms with Crippen LogP contribution in [0.1, 0.15) is 81.0 Å². The number of para-hydroxylation sites is 1. The second-order valence-corrected chi connectivity index (χ2v) is 10.5. The number of amides is 2. The van der Waals surface area contributed by atoms with Crippen LogP contribution < -0.4 is 16.4 Å². The zero-order valence-electron chi connectivity index (χ0n) is 29.8. The molecule has 5 rings (SSSR count). The molecular formula is C40H45ClN6O3. The van der Waals surface area contributed by atoms with Crippen molar-refractivity contribution in [2.45, 2.75) is 55.4 Å². The SMILES string of the molecule is CC.CC.Cc1ccc(NC(=O)c2ccccc2C)nc1.Cc1ccc(NC(=O)c2ccccc2N)nc1.[C-]#[N+]c1ccc(C(=O)Cl)c(C)c1. The molecule has 0 saturated heterocycles. The van der Waals surface area contributed by atoms with E-state index in [1.54, 1.807) is 80.0 Å². The van der Waals surface area contributed by atoms with E-state index >= 15 is 0 Å². The molecule has 0 radical (unpaired) electrons. The summed E-state index contributed by atoms with van der Waals surface area (Å²) in [6, 6.07) is 26.6. The van der Waals surface area contributed by atoms with Gasteiger partial charge in [0, 0.05) is 29.2 Å². The maximum atomic E-state index is 12.0. The van der Waals surface area contributed by atoms with Crippen molar-refractivity contribution in [3.05, 3.63) is 154 Å². The molecule has 2 heterocycles. The molecule has 2 amide bonds. The molecule has 4 N–H and O–H groups in total. The summed E-state index contributed by atoms with van der Waals surface area (Å²) in [5.74, 6) is 0.714. The maximum Gasteiger partial charge on any atom is 0.258 e. The van der Waals surface area contributed by atoms with Crippen LogP contribution in [0.25, 0.3) is 4.85 Å². The van der Waals surface area contributed by atoms with Crippen molar-refractivity contribution < 1.29 is 14.4 Å². The Balaban J connectivity index is 0.000000362. The quantitative estimate of drug-likeness (QED) is 0.0954. The number of pyridine rings is 2. The molecule has 0 bridgehead atoms. The molecule has 0 aliphatic heterocycles. The van der Waals surface area contributed by atoms with E-state index in [0.717, 1.165) is 22.3 Å². The molecule has 5 aromatic rings. The predicted molar refractivity (Wildman–Crippen MR) is 206 cm³/mol. The summed E-state index contributed by atoms with van der Waals surface area (Å²) in [4.78, 5) is 46.1. The van der Waals surface area contributed by atoms with Crippen molar-refractivity contribution in [2.75, 3.05) is 16.4 Å². The van der Waals surface area contributed by atoms with E-state index in [-0.39, 0.29) is 11.8 Å². The Morgan fingerprint density at radius 2 is 1.12 bits per heavy atom. The normalized spacial score (nSPS) is 9.20. The molecule has 0 spiro atoms. The monoisotopic (exact) mass is 692 g/mol. The number of nitrogens with zero attached hydrogens (tertiary/aromatic N) is 3. The summed E-state index contributed by atoms with van der Waals surface area (Å²) in [5, 5.41) is 4.99. The fourth-order valence-electron chi connectivity index (χ4n) is 3.92. The molecule has 9 nitrogen and oxygen atoms in total. The second-order valence-electron chi connectivity index (χ2n) is 10.1. The van der Waals surface area contributed by atoms with Crippen molar-refractivity contribution in [2.24, 2.45) is 0 Å². The van der Waals surface area contributed by atoms with Gasteiger partial charge in [-0.25, -0.2) is 14.8 Å². The van der Waals surface area contributed by atoms with Crippen LogP contribution in [0.15, 0.2) is 103 Å². The predicted octanol–water partition coefficient (Wildman–Crippen LogP) is 10.2. The van der Waals surface area contributed by atoms with E-state index in [2.05, 4.69) is 25.4 Å². The number of hydrogen-bond acceptors (Lipinski definition) is 6. The standard InChI is InChI=1S/C14H14N2O.C13H13N3O.C9H6ClNO.2C2H6/c1-10-7-8-13(15-9-10)16-14(17)12-6-4-3-5-11(12)2;1-9-6-7-12(15-8-9)16-13(17)10-4-2-3-5-11(10)14;1-6-5-7(11-2)3-4-8(6)9(10)12;2*1-2/h3-9H,1-2H3,(H,15,16,17);2-8H,14H2,1H3,(H,15,16,17);3-5H,1H3;2*1-2H3. The topological polar surface area (TPSA) is 131 Å². The highest BCUT2D eigenvalue weighted by atomic mass is 35.5. The van der Waals surface area contributed by atoms with E-state index in [9.17, 15) is 14.4 Å². The lowest BCUT2D eigenvalue weighted by Gasteiger charge is -2.06. The number of aromatic nitrogens is 2. The third kappa shape index (κ3) is 14.1. The van der Waals surface area contributed by atoms with E-state index in [1.165, 1.54) is 0 Å². The van der Waals surface area contributed by atoms with Gasteiger partial charge >= 0.3 is 0 Å². The van der Waals surface area contributed by atoms with E-state index < -0.39 is 5.24 Å². The summed E-state index contributed by atoms with van der Waals surface area (Å²) in [6.07, 6.45) is 3.43. The Morgan fingerprint density at radius 1 is 0.640 bits per heavy atom. The Hall–Kier alpha value is -5.85. The molecule has 0 unspecified atom stereocenters. The molecule has 10 heteroatoms. The Labute approximate surface area is 300 Å². The number of anilines is 3. The van der Waals surface area contributed by atoms with Crippen molar-refractivity contribution in [3.8, 4) is 0 Å². The van der Waals surface area contributed by atoms with Gasteiger partial charge in [0.2, 0.25) is 0 Å². The lowest BCUT2D eigenvalue weighted by atomic mass is 10.1. The van der Waals surface area contributed by atoms with E-state index in [1.807, 2.05) is 78.8 Å². The molecule has 0 aliphatic carbocycles. The number of nitrogen functional groups attached to an aromatic ring is 1. The van der Waals surface area contributed by atoms with Crippen LogP contribution >= 0.6 is 11.6 Å². The van der Waals surface area contributed by atoms with E-state index in [0.29, 0.717) is 39.7 Å². The summed E-state index contributed by atoms with van der Waals surface area (Å²) >= 11 is 5.29. The molecule has 0 atom stereocenters. The zero-order chi connectivity index (χ0) is 37.6. The van der Waals surface area contributed by atoms with Gasteiger partial charge in [-0.05, 0) is 91.9 Å². The fraction of sp³-hybridized carbons (Fsp3) is 0.200. The summed E-state index contributed by atoms with van der Waals surface area (Å²) in [5.41, 5.74) is 12.1. The number of aryl methyl sites for hydroxylation is 4. The van der Waals surface area contributed by atoms with Crippen LogP contribution in [-0.2, 0) is 0 Å². The van der Waals surface area contributed by atoms with Crippen molar-refractivity contribution in [1.29, 1.82) is 0 Å². The first-order chi connectivity index (χ1) is 24.0. The number of benzene rings is 3. The molecule has 260 valence electrons. The minimum absolute atomic E-state index is 0.126. The Kier molecular flexibility index (Phi) is 19.1. The largest absolute Gasteiger partial charge is 0.398 e. The van der Waals surface area contributed by atoms with Gasteiger partial charge in [0.15, 0.2) is 5.69 Å². The average molecular weight is 693 g/mol. The smallest absolute Gasteiger partial charge is 0.258 e. The molecule has 0 fully saturated rings. The van der Waals surface area contributed by atoms with Gasteiger partial charge in [-0.2, -0.15) is 0 Å². The van der Waals surface area contributed by atoms with Crippen LogP contribution in [0.3, 0.4) is 0 Å². The van der Waals surface area contributed by atoms with Crippen LogP contribution in [0.5, 0.6) is 0 Å². The third-order valence-corrected chi connectivity index (χ3v) is 6.66. The van der Waals surface area contributed by atoms with Crippen molar-refractivity contribution in [1.82, 2.24) is 9.97 Å². The number of nitrogens with two attached hydrogens (primary N) is 1. The Morgan fingerprint density at radius 3 is 1.54 bits per heavy atom. The van der Waals surface area contributed by atoms with Crippen LogP contribution in [-0.4, -0.2) is 27.0 Å². The zero-order valence-corrected chi connectivity index (χ0v) is 30.6. The first kappa shape index (κ1) is 42.2. The third-order valence-electron chi connectivity index (χ3n) is 6.45. The van der Waals surface area contributed by atoms with Gasteiger partial charge in [-0.15, -0.1) is 0 Å². The molecule has 0 saturated carbocycles. The summed E-state index contributed by atoms with van der Waals surface area (Å²) in [7, 11) is 0. The van der Waals surface area contributed by atoms with Crippen LogP contribution in [0, 0.1) is 34.3 Å². The van der Waals surface area contributed by atoms with Crippen molar-refractivity contribution >= 4 is 51.7 Å². The number of hydrogen-bond donors (Lipinski definition) is 3. The molecule has 50 heavy (non-hydrogen) atoms. The first-order valence-corrected chi connectivity index (χ1v) is 16.4. The number of rotatable bonds is 5. The average Bonchev–Trinajstić information content (AvgIpc) is 3.12. The van der Waals surface area contributed by atoms with E-state index in [4.69, 9.17) is 23.9 Å². The van der Waals surface area contributed by atoms with Crippen molar-refractivity contribution in [3.63, 3.8) is 0 Å². The van der Waals surface area contributed by atoms with Gasteiger partial charge < -0.3 is 16.4 Å². The highest BCUT2D eigenvalue weighted by Crippen LogP contribution is 2.19. The second kappa shape index (κ2) is 22.7. The van der Waals surface area contributed by atoms with Gasteiger partial charge in [-0.3, -0.25) is 14.4 Å². The Bertz CT molecular complexity index is 1770. The maximum absolute atomic E-state index is 12.0. The van der Waals surface area contributed by atoms with Gasteiger partial charge in [0.05, 0.1) is 12.1 Å². The lowest BCUT2D eigenvalue weighted by molar-refractivity contribution is 0.101. The fourth-order valence-corrected chi connectivity index (χ4v) is 4.13. The number of halogens is 1. The molecule has 3 aromatic carbocycles. The first-order valence-electron chi connectivity index (χ1n) is 16.0. The van der Waals surface area contributed by atoms with Gasteiger partial charge in [0.25, 0.3) is 17.1 Å². The molecule has 0 aliphatic rings. The number of nitrogens with one attached hydrogen (secondary N) is 2. The van der Waals surface area contributed by atoms with Crippen LogP contribution in [0.4, 0.5) is 23.0 Å². The molecule has 2 aromatic heterocycles. The summed E-state index contributed by atoms with van der Waals surface area (Å²) in [6.45, 7) is 22.3. The highest BCUT2D eigenvalue weighted by Gasteiger charge is 2.10. The summed E-state index contributed by atoms with van der Waals surface area (Å²) < 4.78 is 0. The van der Waals surface area contributed by atoms with Gasteiger partial charge in [0.1, 0.15) is 11.6 Å². The highest BCUT2D eigenvalue weighted by molar-refractivity contribution is 6.67. The minimum atomic E-state index is -0.482. The number of carbonyl (C=O) groups is 3. The van der Waals surface area contributed by atoms with Crippen LogP contribution in [0.2, 0.25) is 0 Å².